The number of hydroxylamine groups is 2. The molecule has 5 heteroatoms. The summed E-state index contributed by atoms with van der Waals surface area (Å²) in [7, 11) is 1.51. The van der Waals surface area contributed by atoms with Gasteiger partial charge < -0.3 is 14.7 Å². The van der Waals surface area contributed by atoms with Gasteiger partial charge in [-0.2, -0.15) is 5.06 Å². The molecule has 0 saturated heterocycles. The van der Waals surface area contributed by atoms with E-state index in [4.69, 9.17) is 9.62 Å². The number of aromatic hydroxyl groups is 1. The van der Waals surface area contributed by atoms with Gasteiger partial charge in [-0.1, -0.05) is 6.07 Å². The van der Waals surface area contributed by atoms with Gasteiger partial charge in [0.05, 0.1) is 6.54 Å². The fourth-order valence-electron chi connectivity index (χ4n) is 1.33. The van der Waals surface area contributed by atoms with Crippen LogP contribution in [0, 0.1) is 0 Å². The third-order valence-corrected chi connectivity index (χ3v) is 1.96. The molecular formula is C9H10N2O3. The van der Waals surface area contributed by atoms with E-state index >= 15 is 0 Å². The second-order valence-corrected chi connectivity index (χ2v) is 3.09. The first kappa shape index (κ1) is 8.98. The van der Waals surface area contributed by atoms with Crippen LogP contribution < -0.4 is 0 Å². The fraction of sp³-hybridized carbons (Fsp3) is 0.222. The molecule has 1 aromatic heterocycles. The largest absolute Gasteiger partial charge is 0.505 e. The molecule has 0 fully saturated rings. The van der Waals surface area contributed by atoms with Gasteiger partial charge in [-0.25, -0.2) is 4.98 Å². The molecule has 14 heavy (non-hydrogen) atoms. The van der Waals surface area contributed by atoms with E-state index < -0.39 is 0 Å². The van der Waals surface area contributed by atoms with Crippen molar-refractivity contribution < 1.29 is 14.7 Å². The van der Waals surface area contributed by atoms with Gasteiger partial charge in [0.2, 0.25) is 0 Å². The van der Waals surface area contributed by atoms with Crippen molar-refractivity contribution in [2.75, 3.05) is 7.05 Å². The first-order chi connectivity index (χ1) is 6.68. The molecule has 0 aliphatic rings. The summed E-state index contributed by atoms with van der Waals surface area (Å²) in [5.41, 5.74) is 1.56. The van der Waals surface area contributed by atoms with Crippen molar-refractivity contribution in [3.05, 3.63) is 24.1 Å². The molecule has 0 unspecified atom stereocenters. The number of oxazole rings is 1. The van der Waals surface area contributed by atoms with Gasteiger partial charge in [-0.15, -0.1) is 0 Å². The number of hydrogen-bond acceptors (Lipinski definition) is 5. The average molecular weight is 194 g/mol. The predicted octanol–water partition coefficient (Wildman–Crippen LogP) is 1.35. The molecule has 0 spiro atoms. The Bertz CT molecular complexity index is 450. The Morgan fingerprint density at radius 1 is 1.50 bits per heavy atom. The summed E-state index contributed by atoms with van der Waals surface area (Å²) < 4.78 is 5.01. The van der Waals surface area contributed by atoms with Gasteiger partial charge in [0.1, 0.15) is 5.75 Å². The van der Waals surface area contributed by atoms with E-state index in [1.165, 1.54) is 13.4 Å². The van der Waals surface area contributed by atoms with Gasteiger partial charge in [0.15, 0.2) is 17.5 Å². The third-order valence-electron chi connectivity index (χ3n) is 1.96. The Morgan fingerprint density at radius 3 is 3.00 bits per heavy atom. The Labute approximate surface area is 80.2 Å². The van der Waals surface area contributed by atoms with Crippen LogP contribution in [0.1, 0.15) is 5.56 Å². The van der Waals surface area contributed by atoms with Crippen molar-refractivity contribution in [2.24, 2.45) is 0 Å². The van der Waals surface area contributed by atoms with Gasteiger partial charge in [-0.3, -0.25) is 0 Å². The summed E-state index contributed by atoms with van der Waals surface area (Å²) >= 11 is 0. The molecule has 0 amide bonds. The highest BCUT2D eigenvalue weighted by Crippen LogP contribution is 2.27. The Balaban J connectivity index is 2.51. The lowest BCUT2D eigenvalue weighted by atomic mass is 10.2. The second kappa shape index (κ2) is 3.28. The van der Waals surface area contributed by atoms with Gasteiger partial charge >= 0.3 is 0 Å². The SMILES string of the molecule is CN(O)Cc1ccc2ocnc2c1O. The lowest BCUT2D eigenvalue weighted by molar-refractivity contribution is -0.0735. The van der Waals surface area contributed by atoms with E-state index in [9.17, 15) is 5.11 Å². The minimum atomic E-state index is 0.0529. The zero-order valence-corrected chi connectivity index (χ0v) is 7.64. The maximum atomic E-state index is 9.73. The zero-order chi connectivity index (χ0) is 10.1. The van der Waals surface area contributed by atoms with E-state index in [1.54, 1.807) is 12.1 Å². The summed E-state index contributed by atoms with van der Waals surface area (Å²) in [6.07, 6.45) is 1.27. The van der Waals surface area contributed by atoms with Crippen LogP contribution in [-0.4, -0.2) is 27.4 Å². The van der Waals surface area contributed by atoms with E-state index in [2.05, 4.69) is 4.98 Å². The predicted molar refractivity (Wildman–Crippen MR) is 48.9 cm³/mol. The highest BCUT2D eigenvalue weighted by molar-refractivity contribution is 5.80. The van der Waals surface area contributed by atoms with E-state index in [0.717, 1.165) is 5.06 Å². The molecule has 0 bridgehead atoms. The standard InChI is InChI=1S/C9H10N2O3/c1-11(13)4-6-2-3-7-8(9(6)12)10-5-14-7/h2-3,5,12-13H,4H2,1H3. The maximum absolute atomic E-state index is 9.73. The average Bonchev–Trinajstić information content (AvgIpc) is 2.57. The Kier molecular flexibility index (Phi) is 2.11. The van der Waals surface area contributed by atoms with Crippen LogP contribution in [-0.2, 0) is 6.54 Å². The number of phenolic OH excluding ortho intramolecular Hbond substituents is 1. The molecular weight excluding hydrogens is 184 g/mol. The molecule has 1 heterocycles. The van der Waals surface area contributed by atoms with Crippen molar-refractivity contribution >= 4 is 11.1 Å². The van der Waals surface area contributed by atoms with Crippen molar-refractivity contribution in [3.8, 4) is 5.75 Å². The maximum Gasteiger partial charge on any atom is 0.182 e. The first-order valence-electron chi connectivity index (χ1n) is 4.12. The molecule has 0 atom stereocenters. The lowest BCUT2D eigenvalue weighted by Crippen LogP contribution is -2.11. The summed E-state index contributed by atoms with van der Waals surface area (Å²) in [6.45, 7) is 0.245. The van der Waals surface area contributed by atoms with Crippen molar-refractivity contribution in [1.82, 2.24) is 10.0 Å². The smallest absolute Gasteiger partial charge is 0.182 e. The fourth-order valence-corrected chi connectivity index (χ4v) is 1.33. The number of nitrogens with zero attached hydrogens (tertiary/aromatic N) is 2. The van der Waals surface area contributed by atoms with Gasteiger partial charge in [0.25, 0.3) is 0 Å². The lowest BCUT2D eigenvalue weighted by Gasteiger charge is -2.09. The Hall–Kier alpha value is -1.59. The second-order valence-electron chi connectivity index (χ2n) is 3.09. The van der Waals surface area contributed by atoms with Gasteiger partial charge in [-0.05, 0) is 6.07 Å². The number of rotatable bonds is 2. The molecule has 2 rings (SSSR count). The van der Waals surface area contributed by atoms with E-state index in [0.29, 0.717) is 16.7 Å². The molecule has 1 aromatic carbocycles. The summed E-state index contributed by atoms with van der Waals surface area (Å²) in [6, 6.07) is 3.40. The zero-order valence-electron chi connectivity index (χ0n) is 7.64. The number of hydrogen-bond donors (Lipinski definition) is 2. The van der Waals surface area contributed by atoms with E-state index in [-0.39, 0.29) is 12.3 Å². The molecule has 5 nitrogen and oxygen atoms in total. The van der Waals surface area contributed by atoms with Gasteiger partial charge in [0, 0.05) is 12.6 Å². The quantitative estimate of drug-likeness (QED) is 0.706. The number of fused-ring (bicyclic) bond motifs is 1. The monoisotopic (exact) mass is 194 g/mol. The summed E-state index contributed by atoms with van der Waals surface area (Å²) in [5, 5.41) is 19.7. The highest BCUT2D eigenvalue weighted by atomic mass is 16.5. The Morgan fingerprint density at radius 2 is 2.29 bits per heavy atom. The molecule has 2 N–H and O–H groups in total. The highest BCUT2D eigenvalue weighted by Gasteiger charge is 2.10. The third kappa shape index (κ3) is 1.43. The first-order valence-corrected chi connectivity index (χ1v) is 4.12. The molecule has 74 valence electrons. The van der Waals surface area contributed by atoms with Crippen LogP contribution in [0.2, 0.25) is 0 Å². The molecule has 0 aliphatic carbocycles. The van der Waals surface area contributed by atoms with Crippen LogP contribution in [0.15, 0.2) is 22.9 Å². The van der Waals surface area contributed by atoms with Crippen LogP contribution >= 0.6 is 0 Å². The number of aromatic nitrogens is 1. The van der Waals surface area contributed by atoms with Crippen LogP contribution in [0.3, 0.4) is 0 Å². The summed E-state index contributed by atoms with van der Waals surface area (Å²) in [4.78, 5) is 3.87. The molecule has 0 saturated carbocycles. The molecule has 0 radical (unpaired) electrons. The van der Waals surface area contributed by atoms with Crippen molar-refractivity contribution in [3.63, 3.8) is 0 Å². The normalized spacial score (nSPS) is 11.4. The minimum absolute atomic E-state index is 0.0529. The van der Waals surface area contributed by atoms with E-state index in [1.807, 2.05) is 0 Å². The number of benzene rings is 1. The molecule has 2 aromatic rings. The van der Waals surface area contributed by atoms with Crippen LogP contribution in [0.25, 0.3) is 11.1 Å². The molecule has 0 aliphatic heterocycles. The van der Waals surface area contributed by atoms with Crippen molar-refractivity contribution in [1.29, 1.82) is 0 Å². The van der Waals surface area contributed by atoms with Crippen molar-refractivity contribution in [2.45, 2.75) is 6.54 Å². The number of phenols is 1. The van der Waals surface area contributed by atoms with Crippen LogP contribution in [0.4, 0.5) is 0 Å². The topological polar surface area (TPSA) is 69.7 Å². The minimum Gasteiger partial charge on any atom is -0.505 e. The summed E-state index contributed by atoms with van der Waals surface area (Å²) in [5.74, 6) is 0.0529. The van der Waals surface area contributed by atoms with Crippen LogP contribution in [0.5, 0.6) is 5.75 Å².